The van der Waals surface area contributed by atoms with Crippen LogP contribution in [0.25, 0.3) is 11.0 Å². The molecule has 6 nitrogen and oxygen atoms in total. The van der Waals surface area contributed by atoms with Crippen LogP contribution in [-0.2, 0) is 24.4 Å². The first kappa shape index (κ1) is 20.7. The van der Waals surface area contributed by atoms with Gasteiger partial charge in [0.2, 0.25) is 5.91 Å². The highest BCUT2D eigenvalue weighted by Gasteiger charge is 2.15. The zero-order valence-corrected chi connectivity index (χ0v) is 17.8. The third-order valence-electron chi connectivity index (χ3n) is 5.22. The van der Waals surface area contributed by atoms with Gasteiger partial charge in [-0.1, -0.05) is 31.2 Å². The lowest BCUT2D eigenvalue weighted by molar-refractivity contribution is -0.130. The molecule has 0 aliphatic rings. The second-order valence-electron chi connectivity index (χ2n) is 7.64. The number of carbonyl (C=O) groups is 1. The van der Waals surface area contributed by atoms with Gasteiger partial charge in [0.15, 0.2) is 0 Å². The molecule has 154 valence electrons. The molecule has 29 heavy (non-hydrogen) atoms. The Morgan fingerprint density at radius 1 is 0.897 bits per heavy atom. The van der Waals surface area contributed by atoms with E-state index in [2.05, 4.69) is 19.1 Å². The van der Waals surface area contributed by atoms with Crippen molar-refractivity contribution >= 4 is 22.6 Å². The molecule has 0 N–H and O–H groups in total. The van der Waals surface area contributed by atoms with Gasteiger partial charge in [0.1, 0.15) is 0 Å². The van der Waals surface area contributed by atoms with E-state index in [1.54, 1.807) is 14.0 Å². The maximum Gasteiger partial charge on any atom is 0.329 e. The molecular formula is C23H30N4O2. The monoisotopic (exact) mass is 394 g/mol. The molecule has 2 aromatic carbocycles. The first-order valence-electron chi connectivity index (χ1n) is 10.1. The Labute approximate surface area is 172 Å². The van der Waals surface area contributed by atoms with Crippen molar-refractivity contribution in [3.8, 4) is 0 Å². The Balaban J connectivity index is 1.69. The number of aromatic nitrogens is 2. The third kappa shape index (κ3) is 4.53. The fourth-order valence-corrected chi connectivity index (χ4v) is 3.59. The molecular weight excluding hydrogens is 364 g/mol. The average Bonchev–Trinajstić information content (AvgIpc) is 2.98. The highest BCUT2D eigenvalue weighted by molar-refractivity contribution is 5.78. The van der Waals surface area contributed by atoms with E-state index in [9.17, 15) is 9.59 Å². The van der Waals surface area contributed by atoms with Crippen LogP contribution < -0.4 is 10.6 Å². The van der Waals surface area contributed by atoms with Crippen LogP contribution >= 0.6 is 0 Å². The molecule has 1 amide bonds. The van der Waals surface area contributed by atoms with Crippen molar-refractivity contribution in [2.75, 3.05) is 26.0 Å². The molecule has 3 aromatic rings. The highest BCUT2D eigenvalue weighted by atomic mass is 16.2. The smallest absolute Gasteiger partial charge is 0.329 e. The average molecular weight is 395 g/mol. The maximum absolute atomic E-state index is 12.8. The Kier molecular flexibility index (Phi) is 6.42. The van der Waals surface area contributed by atoms with Crippen LogP contribution in [0, 0.1) is 0 Å². The van der Waals surface area contributed by atoms with Gasteiger partial charge in [-0.3, -0.25) is 13.9 Å². The number of anilines is 1. The van der Waals surface area contributed by atoms with Crippen molar-refractivity contribution in [2.24, 2.45) is 0 Å². The van der Waals surface area contributed by atoms with Gasteiger partial charge in [-0.15, -0.1) is 0 Å². The number of fused-ring (bicyclic) bond motifs is 1. The standard InChI is InChI=1S/C23H30N4O2/c1-5-15-26-20-8-6-7-9-21(20)27(23(26)29)16-14-22(28)25(4)17-18-10-12-19(13-11-18)24(2)3/h6-13H,5,14-17H2,1-4H3. The fraction of sp³-hybridized carbons (Fsp3) is 0.391. The van der Waals surface area contributed by atoms with Crippen LogP contribution in [0.1, 0.15) is 25.3 Å². The van der Waals surface area contributed by atoms with E-state index in [-0.39, 0.29) is 11.6 Å². The molecule has 3 rings (SSSR count). The van der Waals surface area contributed by atoms with Gasteiger partial charge in [0, 0.05) is 52.9 Å². The summed E-state index contributed by atoms with van der Waals surface area (Å²) in [6, 6.07) is 16.0. The predicted molar refractivity (Wildman–Crippen MR) is 118 cm³/mol. The predicted octanol–water partition coefficient (Wildman–Crippen LogP) is 3.33. The van der Waals surface area contributed by atoms with E-state index in [0.29, 0.717) is 26.1 Å². The molecule has 0 saturated carbocycles. The maximum atomic E-state index is 12.8. The number of benzene rings is 2. The Morgan fingerprint density at radius 2 is 1.48 bits per heavy atom. The Bertz CT molecular complexity index is 1030. The van der Waals surface area contributed by atoms with E-state index < -0.39 is 0 Å². The van der Waals surface area contributed by atoms with E-state index in [1.165, 1.54) is 0 Å². The van der Waals surface area contributed by atoms with Crippen LogP contribution in [0.3, 0.4) is 0 Å². The molecule has 0 bridgehead atoms. The summed E-state index contributed by atoms with van der Waals surface area (Å²) in [7, 11) is 5.82. The zero-order chi connectivity index (χ0) is 21.0. The first-order chi connectivity index (χ1) is 13.9. The van der Waals surface area contributed by atoms with E-state index in [0.717, 1.165) is 28.7 Å². The summed E-state index contributed by atoms with van der Waals surface area (Å²) in [4.78, 5) is 29.3. The summed E-state index contributed by atoms with van der Waals surface area (Å²) >= 11 is 0. The molecule has 0 saturated heterocycles. The number of nitrogens with zero attached hydrogens (tertiary/aromatic N) is 4. The summed E-state index contributed by atoms with van der Waals surface area (Å²) in [6.45, 7) is 3.68. The molecule has 6 heteroatoms. The lowest BCUT2D eigenvalue weighted by Crippen LogP contribution is -2.30. The fourth-order valence-electron chi connectivity index (χ4n) is 3.59. The van der Waals surface area contributed by atoms with Crippen molar-refractivity contribution in [1.82, 2.24) is 14.0 Å². The van der Waals surface area contributed by atoms with Gasteiger partial charge < -0.3 is 9.80 Å². The number of carbonyl (C=O) groups excluding carboxylic acids is 1. The minimum absolute atomic E-state index is 0.0286. The molecule has 0 fully saturated rings. The minimum Gasteiger partial charge on any atom is -0.378 e. The lowest BCUT2D eigenvalue weighted by atomic mass is 10.2. The third-order valence-corrected chi connectivity index (χ3v) is 5.22. The minimum atomic E-state index is -0.0391. The number of hydrogen-bond donors (Lipinski definition) is 0. The van der Waals surface area contributed by atoms with E-state index >= 15 is 0 Å². The van der Waals surface area contributed by atoms with E-state index in [1.807, 2.05) is 62.4 Å². The van der Waals surface area contributed by atoms with Crippen LogP contribution in [0.2, 0.25) is 0 Å². The van der Waals surface area contributed by atoms with Crippen molar-refractivity contribution in [2.45, 2.75) is 39.4 Å². The number of hydrogen-bond acceptors (Lipinski definition) is 3. The molecule has 0 aliphatic carbocycles. The number of rotatable bonds is 8. The molecule has 1 aromatic heterocycles. The van der Waals surface area contributed by atoms with Crippen molar-refractivity contribution < 1.29 is 4.79 Å². The van der Waals surface area contributed by atoms with Crippen LogP contribution in [0.5, 0.6) is 0 Å². The number of aryl methyl sites for hydroxylation is 2. The van der Waals surface area contributed by atoms with Gasteiger partial charge in [0.05, 0.1) is 11.0 Å². The largest absolute Gasteiger partial charge is 0.378 e. The summed E-state index contributed by atoms with van der Waals surface area (Å²) in [5.74, 6) is 0.0286. The normalized spacial score (nSPS) is 11.0. The van der Waals surface area contributed by atoms with Crippen LogP contribution in [0.4, 0.5) is 5.69 Å². The Morgan fingerprint density at radius 3 is 2.03 bits per heavy atom. The first-order valence-corrected chi connectivity index (χ1v) is 10.1. The number of amides is 1. The summed E-state index contributed by atoms with van der Waals surface area (Å²) < 4.78 is 3.53. The molecule has 0 unspecified atom stereocenters. The number of imidazole rings is 1. The topological polar surface area (TPSA) is 50.5 Å². The van der Waals surface area contributed by atoms with Gasteiger partial charge in [-0.25, -0.2) is 4.79 Å². The van der Waals surface area contributed by atoms with Crippen LogP contribution in [0.15, 0.2) is 53.3 Å². The van der Waals surface area contributed by atoms with Gasteiger partial charge in [-0.05, 0) is 36.2 Å². The molecule has 0 spiro atoms. The van der Waals surface area contributed by atoms with Gasteiger partial charge in [-0.2, -0.15) is 0 Å². The van der Waals surface area contributed by atoms with Crippen molar-refractivity contribution in [1.29, 1.82) is 0 Å². The Hall–Kier alpha value is -3.02. The summed E-state index contributed by atoms with van der Waals surface area (Å²) in [5.41, 5.74) is 4.00. The second kappa shape index (κ2) is 8.99. The van der Waals surface area contributed by atoms with E-state index in [4.69, 9.17) is 0 Å². The molecule has 0 atom stereocenters. The van der Waals surface area contributed by atoms with Crippen LogP contribution in [-0.4, -0.2) is 41.1 Å². The zero-order valence-electron chi connectivity index (χ0n) is 17.8. The van der Waals surface area contributed by atoms with Gasteiger partial charge in [0.25, 0.3) is 0 Å². The SMILES string of the molecule is CCCn1c(=O)n(CCC(=O)N(C)Cc2ccc(N(C)C)cc2)c2ccccc21. The molecule has 0 aliphatic heterocycles. The molecule has 1 heterocycles. The number of para-hydroxylation sites is 2. The summed E-state index contributed by atoms with van der Waals surface area (Å²) in [6.07, 6.45) is 1.19. The second-order valence-corrected chi connectivity index (χ2v) is 7.64. The summed E-state index contributed by atoms with van der Waals surface area (Å²) in [5, 5.41) is 0. The van der Waals surface area contributed by atoms with Crippen molar-refractivity contribution in [3.05, 3.63) is 64.6 Å². The quantitative estimate of drug-likeness (QED) is 0.589. The lowest BCUT2D eigenvalue weighted by Gasteiger charge is -2.18. The highest BCUT2D eigenvalue weighted by Crippen LogP contribution is 2.15. The molecule has 0 radical (unpaired) electrons. The van der Waals surface area contributed by atoms with Crippen molar-refractivity contribution in [3.63, 3.8) is 0 Å². The van der Waals surface area contributed by atoms with Gasteiger partial charge >= 0.3 is 5.69 Å².